The third-order valence-electron chi connectivity index (χ3n) is 12.8. The van der Waals surface area contributed by atoms with Gasteiger partial charge in [0.2, 0.25) is 0 Å². The second kappa shape index (κ2) is 15.8. The lowest BCUT2D eigenvalue weighted by Crippen LogP contribution is -2.37. The van der Waals surface area contributed by atoms with Gasteiger partial charge in [-0.1, -0.05) is 220 Å². The molecule has 298 valence electrons. The predicted octanol–water partition coefficient (Wildman–Crippen LogP) is 15.2. The Morgan fingerprint density at radius 1 is 0.452 bits per heavy atom. The number of nitrogens with one attached hydrogen (secondary N) is 1. The van der Waals surface area contributed by atoms with Crippen molar-refractivity contribution in [3.63, 3.8) is 0 Å². The van der Waals surface area contributed by atoms with Gasteiger partial charge in [-0.3, -0.25) is 0 Å². The summed E-state index contributed by atoms with van der Waals surface area (Å²) in [5.41, 5.74) is 17.3. The molecule has 2 unspecified atom stereocenters. The van der Waals surface area contributed by atoms with Crippen molar-refractivity contribution in [2.45, 2.75) is 41.6 Å². The molecule has 2 nitrogen and oxygen atoms in total. The highest BCUT2D eigenvalue weighted by atomic mass is 32.2. The third kappa shape index (κ3) is 6.07. The summed E-state index contributed by atoms with van der Waals surface area (Å²) >= 11 is 1.91. The van der Waals surface area contributed by atoms with E-state index in [0.717, 1.165) is 6.54 Å². The molecule has 0 radical (unpaired) electrons. The minimum Gasteiger partial charge on any atom is -0.309 e. The molecule has 10 aromatic rings. The fraction of sp³-hybridized carbons (Fsp3) is 0.0847. The maximum Gasteiger partial charge on any atom is 0.0764 e. The summed E-state index contributed by atoms with van der Waals surface area (Å²) in [5.74, 6) is 0. The van der Waals surface area contributed by atoms with Crippen molar-refractivity contribution in [2.24, 2.45) is 0 Å². The summed E-state index contributed by atoms with van der Waals surface area (Å²) in [6, 6.07) is 80.8. The van der Waals surface area contributed by atoms with Gasteiger partial charge < -0.3 is 9.88 Å². The number of benzene rings is 9. The van der Waals surface area contributed by atoms with E-state index in [2.05, 4.69) is 228 Å². The molecule has 0 aliphatic carbocycles. The SMILES string of the molecule is CC.c1ccc(-c2ccc(CNC(c3ccc(-c4ccccc4)cc3)c3ccc4c(c3)Sc3ccccc3C43c4ccccc4-n4c5ccccc5c5cccc3c54)cc2)cc1. The molecule has 1 N–H and O–H groups in total. The lowest BCUT2D eigenvalue weighted by atomic mass is 9.62. The number of aromatic nitrogens is 1. The Morgan fingerprint density at radius 2 is 1.00 bits per heavy atom. The molecule has 1 spiro atoms. The molecule has 0 saturated heterocycles. The van der Waals surface area contributed by atoms with Crippen molar-refractivity contribution in [1.29, 1.82) is 0 Å². The summed E-state index contributed by atoms with van der Waals surface area (Å²) < 4.78 is 2.52. The van der Waals surface area contributed by atoms with Gasteiger partial charge in [-0.25, -0.2) is 0 Å². The molecule has 9 aromatic carbocycles. The van der Waals surface area contributed by atoms with Gasteiger partial charge in [0.25, 0.3) is 0 Å². The zero-order valence-corrected chi connectivity index (χ0v) is 35.7. The van der Waals surface area contributed by atoms with E-state index in [1.165, 1.54) is 98.5 Å². The number of para-hydroxylation sites is 3. The quantitative estimate of drug-likeness (QED) is 0.173. The normalized spacial score (nSPS) is 15.0. The van der Waals surface area contributed by atoms with E-state index < -0.39 is 5.41 Å². The number of fused-ring (bicyclic) bond motifs is 11. The Morgan fingerprint density at radius 3 is 1.74 bits per heavy atom. The molecular weight excluding hydrogens is 769 g/mol. The van der Waals surface area contributed by atoms with Crippen LogP contribution in [0, 0.1) is 0 Å². The molecule has 0 saturated carbocycles. The van der Waals surface area contributed by atoms with Crippen LogP contribution >= 0.6 is 11.8 Å². The second-order valence-corrected chi connectivity index (χ2v) is 17.1. The maximum absolute atomic E-state index is 4.03. The summed E-state index contributed by atoms with van der Waals surface area (Å²) in [5, 5.41) is 6.62. The molecule has 2 aliphatic rings. The Labute approximate surface area is 368 Å². The Bertz CT molecular complexity index is 3220. The Hall–Kier alpha value is -6.91. The largest absolute Gasteiger partial charge is 0.309 e. The first-order valence-electron chi connectivity index (χ1n) is 21.8. The highest BCUT2D eigenvalue weighted by Gasteiger charge is 2.49. The van der Waals surface area contributed by atoms with Gasteiger partial charge in [0.15, 0.2) is 0 Å². The Balaban J connectivity index is 0.00000213. The van der Waals surface area contributed by atoms with E-state index in [4.69, 9.17) is 0 Å². The summed E-state index contributed by atoms with van der Waals surface area (Å²) in [6.07, 6.45) is 0. The molecular formula is C59H46N2S. The molecule has 2 atom stereocenters. The average Bonchev–Trinajstić information content (AvgIpc) is 3.69. The summed E-state index contributed by atoms with van der Waals surface area (Å²) in [4.78, 5) is 2.59. The molecule has 0 fully saturated rings. The predicted molar refractivity (Wildman–Crippen MR) is 261 cm³/mol. The molecule has 0 bridgehead atoms. The van der Waals surface area contributed by atoms with Crippen LogP contribution in [-0.2, 0) is 12.0 Å². The van der Waals surface area contributed by atoms with E-state index in [1.807, 2.05) is 25.6 Å². The zero-order chi connectivity index (χ0) is 41.6. The van der Waals surface area contributed by atoms with Crippen molar-refractivity contribution in [3.05, 3.63) is 257 Å². The van der Waals surface area contributed by atoms with E-state index in [1.54, 1.807) is 0 Å². The summed E-state index contributed by atoms with van der Waals surface area (Å²) in [7, 11) is 0. The van der Waals surface area contributed by atoms with Crippen molar-refractivity contribution in [2.75, 3.05) is 0 Å². The van der Waals surface area contributed by atoms with Gasteiger partial charge in [-0.15, -0.1) is 0 Å². The van der Waals surface area contributed by atoms with Crippen LogP contribution in [0.5, 0.6) is 0 Å². The average molecular weight is 815 g/mol. The van der Waals surface area contributed by atoms with Gasteiger partial charge in [-0.2, -0.15) is 0 Å². The number of nitrogens with zero attached hydrogens (tertiary/aromatic N) is 1. The lowest BCUT2D eigenvalue weighted by Gasteiger charge is -2.45. The van der Waals surface area contributed by atoms with Crippen molar-refractivity contribution in [1.82, 2.24) is 9.88 Å². The van der Waals surface area contributed by atoms with E-state index in [9.17, 15) is 0 Å². The minimum atomic E-state index is -0.503. The number of hydrogen-bond acceptors (Lipinski definition) is 2. The molecule has 12 rings (SSSR count). The standard InChI is InChI=1S/C57H40N2S.C2H6/c1-3-14-39(15-4-1)41-28-26-38(27-29-41)37-58-55(43-32-30-42(31-33-43)40-16-5-2-6-17-40)44-34-35-49-54(36-44)60-53-25-12-9-21-48(53)57(49)47-20-8-11-24-52(47)59-51-23-10-7-18-45(51)46-19-13-22-50(57)56(46)59;1-2/h1-36,55,58H,37H2;1-2H3. The first kappa shape index (κ1) is 38.0. The number of hydrogen-bond donors (Lipinski definition) is 1. The van der Waals surface area contributed by atoms with Gasteiger partial charge >= 0.3 is 0 Å². The monoisotopic (exact) mass is 814 g/mol. The molecule has 3 heteroatoms. The van der Waals surface area contributed by atoms with Gasteiger partial charge in [0.1, 0.15) is 0 Å². The molecule has 2 aliphatic heterocycles. The fourth-order valence-corrected chi connectivity index (χ4v) is 11.4. The van der Waals surface area contributed by atoms with Crippen molar-refractivity contribution in [3.8, 4) is 27.9 Å². The highest BCUT2D eigenvalue weighted by Crippen LogP contribution is 2.60. The molecule has 62 heavy (non-hydrogen) atoms. The fourth-order valence-electron chi connectivity index (χ4n) is 10.1. The van der Waals surface area contributed by atoms with E-state index in [0.29, 0.717) is 0 Å². The van der Waals surface area contributed by atoms with Crippen molar-refractivity contribution >= 4 is 33.6 Å². The van der Waals surface area contributed by atoms with Crippen molar-refractivity contribution < 1.29 is 0 Å². The third-order valence-corrected chi connectivity index (χ3v) is 14.0. The van der Waals surface area contributed by atoms with Crippen LogP contribution in [0.15, 0.2) is 228 Å². The first-order chi connectivity index (χ1) is 30.8. The Kier molecular flexibility index (Phi) is 9.72. The van der Waals surface area contributed by atoms with Crippen LogP contribution in [0.1, 0.15) is 58.8 Å². The van der Waals surface area contributed by atoms with Crippen LogP contribution in [0.25, 0.3) is 49.7 Å². The maximum atomic E-state index is 4.03. The minimum absolute atomic E-state index is 0.0350. The highest BCUT2D eigenvalue weighted by molar-refractivity contribution is 7.99. The first-order valence-corrected chi connectivity index (χ1v) is 22.6. The van der Waals surface area contributed by atoms with Gasteiger partial charge in [0.05, 0.1) is 28.2 Å². The van der Waals surface area contributed by atoms with Crippen LogP contribution in [0.3, 0.4) is 0 Å². The lowest BCUT2D eigenvalue weighted by molar-refractivity contribution is 0.602. The smallest absolute Gasteiger partial charge is 0.0764 e. The summed E-state index contributed by atoms with van der Waals surface area (Å²) in [6.45, 7) is 4.73. The van der Waals surface area contributed by atoms with E-state index in [-0.39, 0.29) is 6.04 Å². The van der Waals surface area contributed by atoms with Gasteiger partial charge in [0, 0.05) is 27.1 Å². The van der Waals surface area contributed by atoms with Crippen LogP contribution in [0.4, 0.5) is 0 Å². The zero-order valence-electron chi connectivity index (χ0n) is 34.9. The second-order valence-electron chi connectivity index (χ2n) is 16.0. The van der Waals surface area contributed by atoms with Crippen LogP contribution < -0.4 is 5.32 Å². The number of rotatable bonds is 7. The topological polar surface area (TPSA) is 17.0 Å². The molecule has 3 heterocycles. The molecule has 0 amide bonds. The van der Waals surface area contributed by atoms with Crippen LogP contribution in [0.2, 0.25) is 0 Å². The molecule has 1 aromatic heterocycles. The van der Waals surface area contributed by atoms with Gasteiger partial charge in [-0.05, 0) is 85.5 Å². The van der Waals surface area contributed by atoms with E-state index >= 15 is 0 Å². The van der Waals surface area contributed by atoms with Crippen LogP contribution in [-0.4, -0.2) is 4.57 Å².